The Labute approximate surface area is 161 Å². The van der Waals surface area contributed by atoms with E-state index in [2.05, 4.69) is 0 Å². The summed E-state index contributed by atoms with van der Waals surface area (Å²) < 4.78 is 13.8. The summed E-state index contributed by atoms with van der Waals surface area (Å²) in [5.74, 6) is -1.37. The van der Waals surface area contributed by atoms with E-state index in [1.807, 2.05) is 6.07 Å². The van der Waals surface area contributed by atoms with Crippen LogP contribution in [0.25, 0.3) is 0 Å². The fourth-order valence-corrected chi connectivity index (χ4v) is 3.74. The van der Waals surface area contributed by atoms with Crippen LogP contribution in [0.15, 0.2) is 72.1 Å². The van der Waals surface area contributed by atoms with E-state index < -0.39 is 23.8 Å². The number of benzene rings is 2. The van der Waals surface area contributed by atoms with E-state index in [-0.39, 0.29) is 5.91 Å². The quantitative estimate of drug-likeness (QED) is 0.690. The SMILES string of the molecule is C[C@H](c1cccc(F)c1)N(C(=O)c1cccs1)[C@H](C(N)=O)c1ccccc1. The second kappa shape index (κ2) is 8.14. The van der Waals surface area contributed by atoms with Crippen molar-refractivity contribution in [1.82, 2.24) is 4.90 Å². The van der Waals surface area contributed by atoms with Crippen LogP contribution in [-0.2, 0) is 4.79 Å². The van der Waals surface area contributed by atoms with E-state index in [1.54, 1.807) is 60.8 Å². The predicted molar refractivity (Wildman–Crippen MR) is 104 cm³/mol. The zero-order valence-electron chi connectivity index (χ0n) is 14.7. The maximum absolute atomic E-state index is 13.8. The molecule has 6 heteroatoms. The maximum Gasteiger partial charge on any atom is 0.265 e. The monoisotopic (exact) mass is 382 g/mol. The van der Waals surface area contributed by atoms with E-state index >= 15 is 0 Å². The number of carbonyl (C=O) groups excluding carboxylic acids is 2. The first-order valence-corrected chi connectivity index (χ1v) is 9.33. The average molecular weight is 382 g/mol. The van der Waals surface area contributed by atoms with Gasteiger partial charge in [-0.05, 0) is 41.6 Å². The largest absolute Gasteiger partial charge is 0.368 e. The summed E-state index contributed by atoms with van der Waals surface area (Å²) in [6.07, 6.45) is 0. The van der Waals surface area contributed by atoms with Gasteiger partial charge in [-0.25, -0.2) is 4.39 Å². The van der Waals surface area contributed by atoms with E-state index in [0.717, 1.165) is 0 Å². The van der Waals surface area contributed by atoms with Crippen LogP contribution >= 0.6 is 11.3 Å². The molecule has 0 bridgehead atoms. The van der Waals surface area contributed by atoms with Gasteiger partial charge in [0.2, 0.25) is 5.91 Å². The molecule has 0 spiro atoms. The Bertz CT molecular complexity index is 928. The van der Waals surface area contributed by atoms with Crippen LogP contribution in [0.5, 0.6) is 0 Å². The molecule has 1 heterocycles. The molecule has 3 aromatic rings. The van der Waals surface area contributed by atoms with Crippen molar-refractivity contribution in [2.24, 2.45) is 5.73 Å². The Kier molecular flexibility index (Phi) is 5.66. The normalized spacial score (nSPS) is 13.0. The molecule has 0 saturated carbocycles. The summed E-state index contributed by atoms with van der Waals surface area (Å²) in [5.41, 5.74) is 6.90. The summed E-state index contributed by atoms with van der Waals surface area (Å²) in [4.78, 5) is 27.6. The number of hydrogen-bond acceptors (Lipinski definition) is 3. The van der Waals surface area contributed by atoms with Crippen molar-refractivity contribution in [3.05, 3.63) is 93.9 Å². The number of nitrogens with two attached hydrogens (primary N) is 1. The van der Waals surface area contributed by atoms with Gasteiger partial charge in [-0.1, -0.05) is 48.5 Å². The number of thiophene rings is 1. The summed E-state index contributed by atoms with van der Waals surface area (Å²) in [6, 6.07) is 16.8. The Morgan fingerprint density at radius 2 is 1.70 bits per heavy atom. The van der Waals surface area contributed by atoms with Gasteiger partial charge in [0.15, 0.2) is 0 Å². The third-order valence-corrected chi connectivity index (χ3v) is 5.24. The molecule has 0 fully saturated rings. The number of rotatable bonds is 6. The molecular formula is C21H19FN2O2S. The molecule has 2 N–H and O–H groups in total. The molecule has 4 nitrogen and oxygen atoms in total. The maximum atomic E-state index is 13.8. The Balaban J connectivity index is 2.11. The Morgan fingerprint density at radius 1 is 1.00 bits per heavy atom. The third-order valence-electron chi connectivity index (χ3n) is 4.38. The minimum absolute atomic E-state index is 0.325. The lowest BCUT2D eigenvalue weighted by Crippen LogP contribution is -2.43. The van der Waals surface area contributed by atoms with Crippen LogP contribution in [0.2, 0.25) is 0 Å². The number of amides is 2. The molecule has 0 aliphatic heterocycles. The molecular weight excluding hydrogens is 363 g/mol. The summed E-state index contributed by atoms with van der Waals surface area (Å²) >= 11 is 1.28. The molecule has 0 aliphatic carbocycles. The van der Waals surface area contributed by atoms with Crippen molar-refractivity contribution in [3.8, 4) is 0 Å². The molecule has 3 rings (SSSR count). The van der Waals surface area contributed by atoms with Crippen molar-refractivity contribution in [2.45, 2.75) is 19.0 Å². The highest BCUT2D eigenvalue weighted by atomic mass is 32.1. The topological polar surface area (TPSA) is 63.4 Å². The average Bonchev–Trinajstić information content (AvgIpc) is 3.20. The zero-order valence-corrected chi connectivity index (χ0v) is 15.5. The van der Waals surface area contributed by atoms with Crippen LogP contribution in [0.1, 0.15) is 39.8 Å². The highest BCUT2D eigenvalue weighted by Gasteiger charge is 2.35. The number of nitrogens with zero attached hydrogens (tertiary/aromatic N) is 1. The first-order valence-electron chi connectivity index (χ1n) is 8.45. The lowest BCUT2D eigenvalue weighted by molar-refractivity contribution is -0.123. The van der Waals surface area contributed by atoms with E-state index in [9.17, 15) is 14.0 Å². The van der Waals surface area contributed by atoms with Crippen LogP contribution in [-0.4, -0.2) is 16.7 Å². The van der Waals surface area contributed by atoms with Crippen LogP contribution in [0.4, 0.5) is 4.39 Å². The van der Waals surface area contributed by atoms with Gasteiger partial charge in [-0.3, -0.25) is 9.59 Å². The number of hydrogen-bond donors (Lipinski definition) is 1. The molecule has 0 saturated heterocycles. The second-order valence-corrected chi connectivity index (χ2v) is 7.08. The predicted octanol–water partition coefficient (Wildman–Crippen LogP) is 4.32. The van der Waals surface area contributed by atoms with Crippen molar-refractivity contribution in [3.63, 3.8) is 0 Å². The minimum atomic E-state index is -0.973. The van der Waals surface area contributed by atoms with Gasteiger partial charge in [0, 0.05) is 0 Å². The van der Waals surface area contributed by atoms with E-state index in [4.69, 9.17) is 5.73 Å². The first kappa shape index (κ1) is 18.8. The molecule has 0 radical (unpaired) electrons. The highest BCUT2D eigenvalue weighted by molar-refractivity contribution is 7.12. The van der Waals surface area contributed by atoms with Gasteiger partial charge in [0.1, 0.15) is 11.9 Å². The standard InChI is InChI=1S/C21H19FN2O2S/c1-14(16-9-5-10-17(22)13-16)24(21(26)18-11-6-12-27-18)19(20(23)25)15-7-3-2-4-8-15/h2-14,19H,1H3,(H2,23,25)/t14-,19+/m1/s1. The number of carbonyl (C=O) groups is 2. The summed E-state index contributed by atoms with van der Waals surface area (Å²) in [5, 5.41) is 1.79. The van der Waals surface area contributed by atoms with Crippen molar-refractivity contribution in [2.75, 3.05) is 0 Å². The molecule has 2 amide bonds. The van der Waals surface area contributed by atoms with Crippen molar-refractivity contribution < 1.29 is 14.0 Å². The Hall–Kier alpha value is -2.99. The van der Waals surface area contributed by atoms with Crippen molar-refractivity contribution in [1.29, 1.82) is 0 Å². The van der Waals surface area contributed by atoms with Gasteiger partial charge in [0.25, 0.3) is 5.91 Å². The second-order valence-electron chi connectivity index (χ2n) is 6.14. The number of primary amides is 1. The molecule has 2 atom stereocenters. The van der Waals surface area contributed by atoms with Gasteiger partial charge in [-0.2, -0.15) is 0 Å². The highest BCUT2D eigenvalue weighted by Crippen LogP contribution is 2.33. The smallest absolute Gasteiger partial charge is 0.265 e. The van der Waals surface area contributed by atoms with Gasteiger partial charge in [-0.15, -0.1) is 11.3 Å². The summed E-state index contributed by atoms with van der Waals surface area (Å²) in [6.45, 7) is 1.76. The van der Waals surface area contributed by atoms with Crippen LogP contribution < -0.4 is 5.73 Å². The first-order chi connectivity index (χ1) is 13.0. The van der Waals surface area contributed by atoms with Crippen LogP contribution in [0.3, 0.4) is 0 Å². The summed E-state index contributed by atoms with van der Waals surface area (Å²) in [7, 11) is 0. The van der Waals surface area contributed by atoms with Gasteiger partial charge < -0.3 is 10.6 Å². The third kappa shape index (κ3) is 4.06. The molecule has 1 aromatic heterocycles. The molecule has 27 heavy (non-hydrogen) atoms. The van der Waals surface area contributed by atoms with Gasteiger partial charge >= 0.3 is 0 Å². The molecule has 0 unspecified atom stereocenters. The molecule has 138 valence electrons. The number of halogens is 1. The lowest BCUT2D eigenvalue weighted by Gasteiger charge is -2.35. The zero-order chi connectivity index (χ0) is 19.4. The molecule has 0 aliphatic rings. The fourth-order valence-electron chi connectivity index (χ4n) is 3.07. The van der Waals surface area contributed by atoms with Gasteiger partial charge in [0.05, 0.1) is 10.9 Å². The van der Waals surface area contributed by atoms with E-state index in [0.29, 0.717) is 16.0 Å². The van der Waals surface area contributed by atoms with Crippen molar-refractivity contribution >= 4 is 23.2 Å². The lowest BCUT2D eigenvalue weighted by atomic mass is 9.99. The van der Waals surface area contributed by atoms with E-state index in [1.165, 1.54) is 28.4 Å². The Morgan fingerprint density at radius 3 is 2.30 bits per heavy atom. The van der Waals surface area contributed by atoms with Crippen LogP contribution in [0, 0.1) is 5.82 Å². The minimum Gasteiger partial charge on any atom is -0.368 e. The molecule has 2 aromatic carbocycles. The fraction of sp³-hybridized carbons (Fsp3) is 0.143.